The first-order valence-electron chi connectivity index (χ1n) is 4.48. The van der Waals surface area contributed by atoms with Gasteiger partial charge in [-0.05, 0) is 20.8 Å². The molecule has 13 heavy (non-hydrogen) atoms. The molecule has 0 amide bonds. The van der Waals surface area contributed by atoms with Crippen molar-refractivity contribution in [1.82, 2.24) is 4.90 Å². The van der Waals surface area contributed by atoms with Crippen LogP contribution in [0.2, 0.25) is 0 Å². The first kappa shape index (κ1) is 10.0. The highest BCUT2D eigenvalue weighted by molar-refractivity contribution is 5.84. The van der Waals surface area contributed by atoms with Gasteiger partial charge >= 0.3 is 0 Å². The smallest absolute Gasteiger partial charge is 0.146 e. The summed E-state index contributed by atoms with van der Waals surface area (Å²) in [6.07, 6.45) is 0.795. The molecule has 3 nitrogen and oxygen atoms in total. The van der Waals surface area contributed by atoms with E-state index < -0.39 is 0 Å². The molecular weight excluding hydrogens is 166 g/mol. The predicted molar refractivity (Wildman–Crippen MR) is 49.9 cm³/mol. The number of carbonyl (C=O) groups is 1. The molecule has 3 heteroatoms. The van der Waals surface area contributed by atoms with Crippen molar-refractivity contribution < 1.29 is 9.59 Å². The van der Waals surface area contributed by atoms with Crippen LogP contribution >= 0.6 is 0 Å². The van der Waals surface area contributed by atoms with Crippen molar-refractivity contribution >= 4 is 11.7 Å². The first-order valence-corrected chi connectivity index (χ1v) is 4.48. The minimum Gasteiger partial charge on any atom is -0.360 e. The van der Waals surface area contributed by atoms with Gasteiger partial charge in [0.2, 0.25) is 0 Å². The van der Waals surface area contributed by atoms with Gasteiger partial charge in [-0.25, -0.2) is 4.79 Å². The number of hydrogen-bond donors (Lipinski definition) is 0. The van der Waals surface area contributed by atoms with E-state index in [1.165, 1.54) is 0 Å². The van der Waals surface area contributed by atoms with Gasteiger partial charge in [-0.2, -0.15) is 0 Å². The molecule has 0 aromatic heterocycles. The number of carbonyl (C=O) groups excluding carboxylic acids is 2. The molecule has 1 rings (SSSR count). The predicted octanol–water partition coefficient (Wildman–Crippen LogP) is 1.17. The molecular formula is C10H15NO2. The van der Waals surface area contributed by atoms with Crippen LogP contribution in [0.25, 0.3) is 0 Å². The van der Waals surface area contributed by atoms with Crippen molar-refractivity contribution in [2.45, 2.75) is 39.2 Å². The molecule has 1 saturated heterocycles. The Morgan fingerprint density at radius 1 is 1.38 bits per heavy atom. The van der Waals surface area contributed by atoms with Gasteiger partial charge in [0.1, 0.15) is 17.4 Å². The summed E-state index contributed by atoms with van der Waals surface area (Å²) in [6, 6.07) is 0. The molecule has 72 valence electrons. The van der Waals surface area contributed by atoms with E-state index >= 15 is 0 Å². The highest BCUT2D eigenvalue weighted by Crippen LogP contribution is 2.24. The Hall–Kier alpha value is -1.08. The zero-order valence-electron chi connectivity index (χ0n) is 8.39. The zero-order valence-corrected chi connectivity index (χ0v) is 8.39. The fourth-order valence-corrected chi connectivity index (χ4v) is 1.57. The van der Waals surface area contributed by atoms with Crippen LogP contribution in [0, 0.1) is 0 Å². The summed E-state index contributed by atoms with van der Waals surface area (Å²) in [6.45, 7) is 6.73. The SMILES string of the molecule is CC(C)(C)N1CCC(=O)CC1=C=O. The minimum atomic E-state index is -0.0898. The second-order valence-corrected chi connectivity index (χ2v) is 4.34. The van der Waals surface area contributed by atoms with Gasteiger partial charge in [-0.1, -0.05) is 0 Å². The molecule has 1 aliphatic heterocycles. The number of rotatable bonds is 0. The van der Waals surface area contributed by atoms with Gasteiger partial charge < -0.3 is 4.90 Å². The van der Waals surface area contributed by atoms with Crippen LogP contribution in [0.5, 0.6) is 0 Å². The van der Waals surface area contributed by atoms with Crippen molar-refractivity contribution in [3.8, 4) is 0 Å². The van der Waals surface area contributed by atoms with Crippen molar-refractivity contribution in [3.05, 3.63) is 5.70 Å². The third kappa shape index (κ3) is 2.19. The molecule has 0 bridgehead atoms. The number of piperidine rings is 1. The van der Waals surface area contributed by atoms with E-state index in [0.29, 0.717) is 18.7 Å². The fraction of sp³-hybridized carbons (Fsp3) is 0.700. The molecule has 0 aromatic carbocycles. The second kappa shape index (κ2) is 3.35. The maximum Gasteiger partial charge on any atom is 0.146 e. The van der Waals surface area contributed by atoms with E-state index in [1.54, 1.807) is 0 Å². The summed E-state index contributed by atoms with van der Waals surface area (Å²) in [5, 5.41) is 0. The number of hydrogen-bond acceptors (Lipinski definition) is 3. The molecule has 1 aliphatic rings. The Morgan fingerprint density at radius 2 is 2.00 bits per heavy atom. The summed E-state index contributed by atoms with van der Waals surface area (Å²) in [4.78, 5) is 23.6. The van der Waals surface area contributed by atoms with Crippen molar-refractivity contribution in [2.24, 2.45) is 0 Å². The van der Waals surface area contributed by atoms with Crippen molar-refractivity contribution in [3.63, 3.8) is 0 Å². The molecule has 0 N–H and O–H groups in total. The molecule has 0 aromatic rings. The normalized spacial score (nSPS) is 18.8. The molecule has 0 spiro atoms. The average Bonchev–Trinajstić information content (AvgIpc) is 2.01. The van der Waals surface area contributed by atoms with Crippen LogP contribution in [-0.2, 0) is 9.59 Å². The van der Waals surface area contributed by atoms with E-state index in [9.17, 15) is 9.59 Å². The van der Waals surface area contributed by atoms with Crippen molar-refractivity contribution in [1.29, 1.82) is 0 Å². The third-order valence-electron chi connectivity index (χ3n) is 2.23. The summed E-state index contributed by atoms with van der Waals surface area (Å²) in [5.41, 5.74) is 0.414. The number of ketones is 1. The molecule has 0 radical (unpaired) electrons. The van der Waals surface area contributed by atoms with Crippen LogP contribution < -0.4 is 0 Å². The van der Waals surface area contributed by atoms with Crippen LogP contribution in [0.4, 0.5) is 0 Å². The number of allylic oxidation sites excluding steroid dienone is 1. The molecule has 0 aliphatic carbocycles. The van der Waals surface area contributed by atoms with Crippen LogP contribution in [-0.4, -0.2) is 28.7 Å². The number of Topliss-reactive ketones (excluding diaryl/α,β-unsaturated/α-hetero) is 1. The molecule has 0 atom stereocenters. The van der Waals surface area contributed by atoms with Gasteiger partial charge in [-0.15, -0.1) is 0 Å². The Kier molecular flexibility index (Phi) is 2.58. The first-order chi connectivity index (χ1) is 5.95. The zero-order chi connectivity index (χ0) is 10.1. The van der Waals surface area contributed by atoms with E-state index in [-0.39, 0.29) is 17.7 Å². The molecule has 1 fully saturated rings. The Bertz CT molecular complexity index is 269. The lowest BCUT2D eigenvalue weighted by Gasteiger charge is -2.39. The molecule has 1 heterocycles. The monoisotopic (exact) mass is 181 g/mol. The van der Waals surface area contributed by atoms with E-state index in [4.69, 9.17) is 0 Å². The van der Waals surface area contributed by atoms with Gasteiger partial charge in [0.15, 0.2) is 0 Å². The second-order valence-electron chi connectivity index (χ2n) is 4.34. The van der Waals surface area contributed by atoms with Gasteiger partial charge in [0.25, 0.3) is 0 Å². The van der Waals surface area contributed by atoms with Gasteiger partial charge in [0.05, 0.1) is 6.42 Å². The lowest BCUT2D eigenvalue weighted by atomic mass is 9.98. The summed E-state index contributed by atoms with van der Waals surface area (Å²) >= 11 is 0. The molecule has 0 saturated carbocycles. The van der Waals surface area contributed by atoms with E-state index in [1.807, 2.05) is 31.6 Å². The van der Waals surface area contributed by atoms with E-state index in [2.05, 4.69) is 0 Å². The lowest BCUT2D eigenvalue weighted by molar-refractivity contribution is -0.120. The summed E-state index contributed by atoms with van der Waals surface area (Å²) in [5.74, 6) is 2.00. The minimum absolute atomic E-state index is 0.0898. The Labute approximate surface area is 78.4 Å². The highest BCUT2D eigenvalue weighted by Gasteiger charge is 2.29. The topological polar surface area (TPSA) is 37.4 Å². The van der Waals surface area contributed by atoms with Gasteiger partial charge in [-0.3, -0.25) is 4.79 Å². The van der Waals surface area contributed by atoms with E-state index in [0.717, 1.165) is 0 Å². The summed E-state index contributed by atoms with van der Waals surface area (Å²) in [7, 11) is 0. The average molecular weight is 181 g/mol. The van der Waals surface area contributed by atoms with Crippen molar-refractivity contribution in [2.75, 3.05) is 6.54 Å². The maximum absolute atomic E-state index is 11.1. The number of nitrogens with zero attached hydrogens (tertiary/aromatic N) is 1. The Morgan fingerprint density at radius 3 is 2.46 bits per heavy atom. The standard InChI is InChI=1S/C10H15NO2/c1-10(2,3)11-5-4-9(13)6-8(11)7-12/h4-6H2,1-3H3. The molecule has 0 unspecified atom stereocenters. The van der Waals surface area contributed by atoms with Crippen LogP contribution in [0.15, 0.2) is 5.70 Å². The Balaban J connectivity index is 2.88. The lowest BCUT2D eigenvalue weighted by Crippen LogP contribution is -2.45. The highest BCUT2D eigenvalue weighted by atomic mass is 16.1. The number of likely N-dealkylation sites (tertiary alicyclic amines) is 1. The summed E-state index contributed by atoms with van der Waals surface area (Å²) < 4.78 is 0. The largest absolute Gasteiger partial charge is 0.360 e. The maximum atomic E-state index is 11.1. The third-order valence-corrected chi connectivity index (χ3v) is 2.23. The fourth-order valence-electron chi connectivity index (χ4n) is 1.57. The quantitative estimate of drug-likeness (QED) is 0.526. The van der Waals surface area contributed by atoms with Crippen LogP contribution in [0.1, 0.15) is 33.6 Å². The van der Waals surface area contributed by atoms with Crippen LogP contribution in [0.3, 0.4) is 0 Å². The van der Waals surface area contributed by atoms with Gasteiger partial charge in [0, 0.05) is 18.5 Å².